The fourth-order valence-electron chi connectivity index (χ4n) is 2.62. The highest BCUT2D eigenvalue weighted by molar-refractivity contribution is 5.75. The number of hydrogen-bond acceptors (Lipinski definition) is 3. The molecule has 1 amide bonds. The van der Waals surface area contributed by atoms with Crippen molar-refractivity contribution >= 4 is 5.91 Å². The van der Waals surface area contributed by atoms with Crippen molar-refractivity contribution in [1.82, 2.24) is 9.80 Å². The first-order chi connectivity index (χ1) is 9.49. The summed E-state index contributed by atoms with van der Waals surface area (Å²) in [4.78, 5) is 14.8. The predicted molar refractivity (Wildman–Crippen MR) is 72.0 cm³/mol. The summed E-state index contributed by atoms with van der Waals surface area (Å²) in [6.07, 6.45) is 0. The summed E-state index contributed by atoms with van der Waals surface area (Å²) in [5.74, 6) is -1.39. The molecule has 1 heterocycles. The Morgan fingerprint density at radius 2 is 1.80 bits per heavy atom. The number of nitrogens with zero attached hydrogens (tertiary/aromatic N) is 2. The first-order valence-electron chi connectivity index (χ1n) is 6.67. The standard InChI is InChI=1S/C14H19F2N3O/c1-10(14-11(15)3-2-4-12(14)16)19-7-5-18(6-8-19)9-13(17)20/h2-4,10H,5-9H2,1H3,(H2,17,20)/t10-/m1/s1. The number of carbonyl (C=O) groups is 1. The Morgan fingerprint density at radius 1 is 1.25 bits per heavy atom. The molecule has 0 aliphatic carbocycles. The van der Waals surface area contributed by atoms with Crippen LogP contribution in [0.15, 0.2) is 18.2 Å². The Balaban J connectivity index is 2.01. The molecule has 1 aliphatic rings. The number of amides is 1. The van der Waals surface area contributed by atoms with Crippen LogP contribution >= 0.6 is 0 Å². The molecule has 0 aromatic heterocycles. The largest absolute Gasteiger partial charge is 0.369 e. The van der Waals surface area contributed by atoms with Crippen LogP contribution in [0.4, 0.5) is 8.78 Å². The Bertz CT molecular complexity index is 467. The normalized spacial score (nSPS) is 18.9. The van der Waals surface area contributed by atoms with Crippen LogP contribution in [0.3, 0.4) is 0 Å². The van der Waals surface area contributed by atoms with E-state index in [1.807, 2.05) is 9.80 Å². The molecule has 0 bridgehead atoms. The van der Waals surface area contributed by atoms with E-state index in [0.29, 0.717) is 26.2 Å². The number of carbonyl (C=O) groups excluding carboxylic acids is 1. The predicted octanol–water partition coefficient (Wildman–Crippen LogP) is 1.13. The molecule has 1 saturated heterocycles. The average molecular weight is 283 g/mol. The summed E-state index contributed by atoms with van der Waals surface area (Å²) in [6.45, 7) is 4.68. The van der Waals surface area contributed by atoms with Crippen LogP contribution in [0.25, 0.3) is 0 Å². The van der Waals surface area contributed by atoms with E-state index in [9.17, 15) is 13.6 Å². The third kappa shape index (κ3) is 3.32. The smallest absolute Gasteiger partial charge is 0.231 e. The number of hydrogen-bond donors (Lipinski definition) is 1. The average Bonchev–Trinajstić information content (AvgIpc) is 2.38. The molecule has 4 nitrogen and oxygen atoms in total. The topological polar surface area (TPSA) is 49.6 Å². The maximum absolute atomic E-state index is 13.8. The lowest BCUT2D eigenvalue weighted by molar-refractivity contribution is -0.119. The molecule has 0 saturated carbocycles. The zero-order valence-electron chi connectivity index (χ0n) is 11.5. The Hall–Kier alpha value is -1.53. The van der Waals surface area contributed by atoms with Gasteiger partial charge in [-0.1, -0.05) is 6.07 Å². The lowest BCUT2D eigenvalue weighted by Crippen LogP contribution is -2.49. The van der Waals surface area contributed by atoms with Gasteiger partial charge in [0.2, 0.25) is 5.91 Å². The molecule has 20 heavy (non-hydrogen) atoms. The molecule has 2 rings (SSSR count). The van der Waals surface area contributed by atoms with Crippen molar-refractivity contribution in [2.75, 3.05) is 32.7 Å². The molecule has 1 atom stereocenters. The van der Waals surface area contributed by atoms with Crippen molar-refractivity contribution in [3.63, 3.8) is 0 Å². The van der Waals surface area contributed by atoms with Gasteiger partial charge in [0.1, 0.15) is 11.6 Å². The van der Waals surface area contributed by atoms with Crippen LogP contribution in [0.5, 0.6) is 0 Å². The highest BCUT2D eigenvalue weighted by Crippen LogP contribution is 2.26. The van der Waals surface area contributed by atoms with Gasteiger partial charge >= 0.3 is 0 Å². The minimum atomic E-state index is -0.517. The number of rotatable bonds is 4. The van der Waals surface area contributed by atoms with Crippen molar-refractivity contribution in [3.8, 4) is 0 Å². The highest BCUT2D eigenvalue weighted by atomic mass is 19.1. The molecule has 0 unspecified atom stereocenters. The zero-order chi connectivity index (χ0) is 14.7. The van der Waals surface area contributed by atoms with Gasteiger partial charge in [-0.2, -0.15) is 0 Å². The lowest BCUT2D eigenvalue weighted by atomic mass is 10.0. The molecule has 1 aromatic rings. The second kappa shape index (κ2) is 6.28. The van der Waals surface area contributed by atoms with Gasteiger partial charge in [0, 0.05) is 37.8 Å². The number of nitrogens with two attached hydrogens (primary N) is 1. The molecule has 1 aliphatic heterocycles. The van der Waals surface area contributed by atoms with E-state index < -0.39 is 11.6 Å². The van der Waals surface area contributed by atoms with E-state index in [1.54, 1.807) is 6.92 Å². The molecule has 110 valence electrons. The van der Waals surface area contributed by atoms with Gasteiger partial charge < -0.3 is 5.73 Å². The summed E-state index contributed by atoms with van der Waals surface area (Å²) in [7, 11) is 0. The molecule has 6 heteroatoms. The monoisotopic (exact) mass is 283 g/mol. The third-order valence-electron chi connectivity index (χ3n) is 3.75. The van der Waals surface area contributed by atoms with Gasteiger partial charge in [-0.05, 0) is 19.1 Å². The number of halogens is 2. The summed E-state index contributed by atoms with van der Waals surface area (Å²) >= 11 is 0. The fraction of sp³-hybridized carbons (Fsp3) is 0.500. The Kier molecular flexibility index (Phi) is 4.67. The SMILES string of the molecule is C[C@H](c1c(F)cccc1F)N1CCN(CC(N)=O)CC1. The van der Waals surface area contributed by atoms with Gasteiger partial charge in [-0.25, -0.2) is 8.78 Å². The molecule has 1 aromatic carbocycles. The van der Waals surface area contributed by atoms with Crippen molar-refractivity contribution in [2.45, 2.75) is 13.0 Å². The van der Waals surface area contributed by atoms with Crippen molar-refractivity contribution in [3.05, 3.63) is 35.4 Å². The van der Waals surface area contributed by atoms with Gasteiger partial charge in [-0.15, -0.1) is 0 Å². The highest BCUT2D eigenvalue weighted by Gasteiger charge is 2.26. The van der Waals surface area contributed by atoms with Crippen LogP contribution in [0, 0.1) is 11.6 Å². The lowest BCUT2D eigenvalue weighted by Gasteiger charge is -2.37. The third-order valence-corrected chi connectivity index (χ3v) is 3.75. The first kappa shape index (κ1) is 14.9. The summed E-state index contributed by atoms with van der Waals surface area (Å²) in [6, 6.07) is 3.59. The number of piperazine rings is 1. The van der Waals surface area contributed by atoms with E-state index >= 15 is 0 Å². The molecular weight excluding hydrogens is 264 g/mol. The second-order valence-electron chi connectivity index (χ2n) is 5.09. The van der Waals surface area contributed by atoms with Crippen LogP contribution in [-0.2, 0) is 4.79 Å². The quantitative estimate of drug-likeness (QED) is 0.901. The van der Waals surface area contributed by atoms with Gasteiger partial charge in [0.05, 0.1) is 6.54 Å². The van der Waals surface area contributed by atoms with E-state index in [4.69, 9.17) is 5.73 Å². The van der Waals surface area contributed by atoms with Crippen LogP contribution in [-0.4, -0.2) is 48.4 Å². The van der Waals surface area contributed by atoms with Gasteiger partial charge in [-0.3, -0.25) is 14.6 Å². The van der Waals surface area contributed by atoms with E-state index in [2.05, 4.69) is 0 Å². The minimum Gasteiger partial charge on any atom is -0.369 e. The maximum Gasteiger partial charge on any atom is 0.231 e. The minimum absolute atomic E-state index is 0.107. The summed E-state index contributed by atoms with van der Waals surface area (Å²) in [5, 5.41) is 0. The second-order valence-corrected chi connectivity index (χ2v) is 5.09. The van der Waals surface area contributed by atoms with Crippen LogP contribution < -0.4 is 5.73 Å². The van der Waals surface area contributed by atoms with E-state index in [-0.39, 0.29) is 24.1 Å². The number of primary amides is 1. The van der Waals surface area contributed by atoms with E-state index in [1.165, 1.54) is 18.2 Å². The molecule has 0 spiro atoms. The Morgan fingerprint density at radius 3 is 2.30 bits per heavy atom. The summed E-state index contributed by atoms with van der Waals surface area (Å²) in [5.41, 5.74) is 5.26. The first-order valence-corrected chi connectivity index (χ1v) is 6.67. The van der Waals surface area contributed by atoms with Crippen molar-refractivity contribution < 1.29 is 13.6 Å². The molecular formula is C14H19F2N3O. The van der Waals surface area contributed by atoms with Crippen molar-refractivity contribution in [1.29, 1.82) is 0 Å². The fourth-order valence-corrected chi connectivity index (χ4v) is 2.62. The summed E-state index contributed by atoms with van der Waals surface area (Å²) < 4.78 is 27.5. The van der Waals surface area contributed by atoms with Gasteiger partial charge in [0.15, 0.2) is 0 Å². The van der Waals surface area contributed by atoms with Crippen LogP contribution in [0.1, 0.15) is 18.5 Å². The maximum atomic E-state index is 13.8. The molecule has 1 fully saturated rings. The van der Waals surface area contributed by atoms with Crippen molar-refractivity contribution in [2.24, 2.45) is 5.73 Å². The molecule has 0 radical (unpaired) electrons. The number of benzene rings is 1. The Labute approximate surface area is 117 Å². The van der Waals surface area contributed by atoms with E-state index in [0.717, 1.165) is 0 Å². The van der Waals surface area contributed by atoms with Crippen LogP contribution in [0.2, 0.25) is 0 Å². The zero-order valence-corrected chi connectivity index (χ0v) is 11.5. The van der Waals surface area contributed by atoms with Gasteiger partial charge in [0.25, 0.3) is 0 Å². The molecule has 2 N–H and O–H groups in total.